The minimum Gasteiger partial charge on any atom is -0.493 e. The Bertz CT molecular complexity index is 2000. The zero-order valence-electron chi connectivity index (χ0n) is 25.7. The summed E-state index contributed by atoms with van der Waals surface area (Å²) >= 11 is 17.7. The second-order valence-corrected chi connectivity index (χ2v) is 13.3. The van der Waals surface area contributed by atoms with Crippen LogP contribution in [0.4, 0.5) is 0 Å². The predicted octanol–water partition coefficient (Wildman–Crippen LogP) is 7.24. The number of carbonyl (C=O) groups excluding carboxylic acids is 1. The second-order valence-electron chi connectivity index (χ2n) is 10.6. The lowest BCUT2D eigenvalue weighted by molar-refractivity contribution is -0.139. The van der Waals surface area contributed by atoms with Gasteiger partial charge < -0.3 is 18.9 Å². The van der Waals surface area contributed by atoms with Crippen molar-refractivity contribution < 1.29 is 23.7 Å². The van der Waals surface area contributed by atoms with Gasteiger partial charge in [-0.3, -0.25) is 9.36 Å². The van der Waals surface area contributed by atoms with Crippen LogP contribution in [0.25, 0.3) is 6.08 Å². The summed E-state index contributed by atoms with van der Waals surface area (Å²) < 4.78 is 25.5. The van der Waals surface area contributed by atoms with Crippen molar-refractivity contribution in [2.45, 2.75) is 46.4 Å². The molecule has 0 aliphatic carbocycles. The average Bonchev–Trinajstić information content (AvgIpc) is 3.30. The van der Waals surface area contributed by atoms with Crippen LogP contribution < -0.4 is 29.1 Å². The molecule has 46 heavy (non-hydrogen) atoms. The molecule has 4 aromatic rings. The van der Waals surface area contributed by atoms with E-state index in [9.17, 15) is 9.59 Å². The Balaban J connectivity index is 1.58. The topological polar surface area (TPSA) is 88.4 Å². The van der Waals surface area contributed by atoms with Crippen molar-refractivity contribution in [1.29, 1.82) is 0 Å². The highest BCUT2D eigenvalue weighted by atomic mass is 79.9. The van der Waals surface area contributed by atoms with Gasteiger partial charge in [0, 0.05) is 10.6 Å². The molecule has 0 radical (unpaired) electrons. The van der Waals surface area contributed by atoms with E-state index in [-0.39, 0.29) is 30.5 Å². The van der Waals surface area contributed by atoms with Crippen LogP contribution in [0.2, 0.25) is 10.0 Å². The zero-order chi connectivity index (χ0) is 33.1. The fourth-order valence-corrected chi connectivity index (χ4v) is 7.26. The SMILES string of the molecule is CCOC(=O)C1=C(C)N=c2s/c(=C\c3cc(Cl)c(OCc4ccccc4Cl)c(Br)c3)c(=O)n2[C@@H]1c1ccc(OC(C)C)c(OC)c1. The Hall–Kier alpha value is -3.57. The van der Waals surface area contributed by atoms with Gasteiger partial charge in [-0.1, -0.05) is 58.8 Å². The van der Waals surface area contributed by atoms with E-state index in [1.54, 1.807) is 51.3 Å². The molecule has 2 heterocycles. The fraction of sp³-hybridized carbons (Fsp3) is 0.265. The lowest BCUT2D eigenvalue weighted by Crippen LogP contribution is -2.40. The third kappa shape index (κ3) is 7.05. The first-order chi connectivity index (χ1) is 22.0. The number of thiazole rings is 1. The van der Waals surface area contributed by atoms with Gasteiger partial charge in [-0.2, -0.15) is 0 Å². The monoisotopic (exact) mass is 744 g/mol. The standard InChI is InChI=1S/C34H31BrCl2N2O6S/c1-6-43-33(41)29-19(4)38-34-39(30(29)21-11-12-26(45-18(2)3)27(16-21)42-5)32(40)28(46-34)15-20-13-23(35)31(25(37)14-20)44-17-22-9-7-8-10-24(22)36/h7-16,18,30H,6,17H2,1-5H3/b28-15-/t30-/m1/s1. The third-order valence-electron chi connectivity index (χ3n) is 7.03. The van der Waals surface area contributed by atoms with Gasteiger partial charge in [-0.05, 0) is 91.2 Å². The summed E-state index contributed by atoms with van der Waals surface area (Å²) in [4.78, 5) is 32.5. The molecule has 0 N–H and O–H groups in total. The molecule has 0 saturated carbocycles. The smallest absolute Gasteiger partial charge is 0.338 e. The summed E-state index contributed by atoms with van der Waals surface area (Å²) in [5.74, 6) is 0.928. The van der Waals surface area contributed by atoms with E-state index in [4.69, 9.17) is 42.1 Å². The number of fused-ring (bicyclic) bond motifs is 1. The van der Waals surface area contributed by atoms with Crippen molar-refractivity contribution in [3.8, 4) is 17.2 Å². The van der Waals surface area contributed by atoms with Crippen LogP contribution in [0.5, 0.6) is 17.2 Å². The number of hydrogen-bond donors (Lipinski definition) is 0. The molecule has 0 saturated heterocycles. The summed E-state index contributed by atoms with van der Waals surface area (Å²) in [6.45, 7) is 7.71. The molecule has 5 rings (SSSR count). The number of aromatic nitrogens is 1. The summed E-state index contributed by atoms with van der Waals surface area (Å²) in [5.41, 5.74) is 2.54. The second kappa shape index (κ2) is 14.5. The van der Waals surface area contributed by atoms with Gasteiger partial charge in [0.15, 0.2) is 22.0 Å². The number of nitrogens with zero attached hydrogens (tertiary/aromatic N) is 2. The number of rotatable bonds is 10. The molecule has 0 bridgehead atoms. The molecule has 1 aliphatic rings. The van der Waals surface area contributed by atoms with E-state index in [2.05, 4.69) is 20.9 Å². The van der Waals surface area contributed by atoms with Gasteiger partial charge in [0.1, 0.15) is 6.61 Å². The van der Waals surface area contributed by atoms with Gasteiger partial charge in [-0.25, -0.2) is 9.79 Å². The Labute approximate surface area is 288 Å². The van der Waals surface area contributed by atoms with E-state index >= 15 is 0 Å². The first kappa shape index (κ1) is 33.8. The van der Waals surface area contributed by atoms with Crippen molar-refractivity contribution in [2.24, 2.45) is 4.99 Å². The molecule has 1 aromatic heterocycles. The highest BCUT2D eigenvalue weighted by Gasteiger charge is 2.34. The first-order valence-electron chi connectivity index (χ1n) is 14.4. The highest BCUT2D eigenvalue weighted by molar-refractivity contribution is 9.10. The molecule has 8 nitrogen and oxygen atoms in total. The van der Waals surface area contributed by atoms with Gasteiger partial charge in [0.25, 0.3) is 5.56 Å². The molecule has 12 heteroatoms. The number of benzene rings is 3. The van der Waals surface area contributed by atoms with Crippen LogP contribution in [0.1, 0.15) is 50.4 Å². The Morgan fingerprint density at radius 1 is 1.11 bits per heavy atom. The van der Waals surface area contributed by atoms with Crippen molar-refractivity contribution in [1.82, 2.24) is 4.57 Å². The number of halogens is 3. The number of allylic oxidation sites excluding steroid dienone is 1. The number of methoxy groups -OCH3 is 1. The maximum Gasteiger partial charge on any atom is 0.338 e. The maximum absolute atomic E-state index is 14.1. The largest absolute Gasteiger partial charge is 0.493 e. The molecular weight excluding hydrogens is 715 g/mol. The normalized spacial score (nSPS) is 14.6. The van der Waals surface area contributed by atoms with Gasteiger partial charge >= 0.3 is 5.97 Å². The van der Waals surface area contributed by atoms with Gasteiger partial charge in [0.2, 0.25) is 0 Å². The van der Waals surface area contributed by atoms with Gasteiger partial charge in [-0.15, -0.1) is 0 Å². The van der Waals surface area contributed by atoms with Crippen molar-refractivity contribution in [3.63, 3.8) is 0 Å². The van der Waals surface area contributed by atoms with E-state index in [1.807, 2.05) is 44.2 Å². The Morgan fingerprint density at radius 3 is 2.54 bits per heavy atom. The molecule has 0 amide bonds. The predicted molar refractivity (Wildman–Crippen MR) is 184 cm³/mol. The van der Waals surface area contributed by atoms with Crippen LogP contribution >= 0.6 is 50.5 Å². The summed E-state index contributed by atoms with van der Waals surface area (Å²) in [6, 6.07) is 15.5. The molecular formula is C34H31BrCl2N2O6S. The quantitative estimate of drug-likeness (QED) is 0.159. The summed E-state index contributed by atoms with van der Waals surface area (Å²) in [7, 11) is 1.54. The average molecular weight is 747 g/mol. The third-order valence-corrected chi connectivity index (χ3v) is 9.25. The molecule has 1 atom stereocenters. The first-order valence-corrected chi connectivity index (χ1v) is 16.8. The molecule has 3 aromatic carbocycles. The number of ether oxygens (including phenoxy) is 4. The minimum absolute atomic E-state index is 0.0776. The molecule has 240 valence electrons. The number of carbonyl (C=O) groups is 1. The van der Waals surface area contributed by atoms with Crippen molar-refractivity contribution in [2.75, 3.05) is 13.7 Å². The lowest BCUT2D eigenvalue weighted by Gasteiger charge is -2.25. The van der Waals surface area contributed by atoms with Crippen molar-refractivity contribution >= 4 is 62.5 Å². The fourth-order valence-electron chi connectivity index (χ4n) is 5.03. The Kier molecular flexibility index (Phi) is 10.6. The number of hydrogen-bond acceptors (Lipinski definition) is 8. The number of esters is 1. The summed E-state index contributed by atoms with van der Waals surface area (Å²) in [5, 5.41) is 0.953. The van der Waals surface area contributed by atoms with Crippen molar-refractivity contribution in [3.05, 3.63) is 117 Å². The van der Waals surface area contributed by atoms with Crippen LogP contribution in [-0.4, -0.2) is 30.4 Å². The maximum atomic E-state index is 14.1. The zero-order valence-corrected chi connectivity index (χ0v) is 29.6. The van der Waals surface area contributed by atoms with Crippen LogP contribution in [-0.2, 0) is 16.1 Å². The van der Waals surface area contributed by atoms with E-state index in [0.29, 0.717) is 57.9 Å². The molecule has 1 aliphatic heterocycles. The summed E-state index contributed by atoms with van der Waals surface area (Å²) in [6.07, 6.45) is 1.66. The minimum atomic E-state index is -0.810. The molecule has 0 unspecified atom stereocenters. The lowest BCUT2D eigenvalue weighted by atomic mass is 9.95. The van der Waals surface area contributed by atoms with Crippen LogP contribution in [0.3, 0.4) is 0 Å². The molecule has 0 spiro atoms. The van der Waals surface area contributed by atoms with Crippen LogP contribution in [0, 0.1) is 0 Å². The highest BCUT2D eigenvalue weighted by Crippen LogP contribution is 2.37. The van der Waals surface area contributed by atoms with Gasteiger partial charge in [0.05, 0.1) is 51.2 Å². The van der Waals surface area contributed by atoms with E-state index in [0.717, 1.165) is 5.56 Å². The Morgan fingerprint density at radius 2 is 1.87 bits per heavy atom. The molecule has 0 fully saturated rings. The van der Waals surface area contributed by atoms with E-state index < -0.39 is 12.0 Å². The van der Waals surface area contributed by atoms with E-state index in [1.165, 1.54) is 15.9 Å². The van der Waals surface area contributed by atoms with Crippen LogP contribution in [0.15, 0.2) is 80.1 Å².